The number of aliphatic hydroxyl groups is 3. The summed E-state index contributed by atoms with van der Waals surface area (Å²) in [6.45, 7) is 28.8. The fourth-order valence-corrected chi connectivity index (χ4v) is 21.9. The fraction of sp³-hybridized carbons (Fsp3) is 0.981. The average molecular weight is 819 g/mol. The summed E-state index contributed by atoms with van der Waals surface area (Å²) in [5.74, 6) is 6.46. The van der Waals surface area contributed by atoms with Crippen molar-refractivity contribution in [3.05, 3.63) is 0 Å². The molecule has 0 saturated heterocycles. The van der Waals surface area contributed by atoms with E-state index in [4.69, 9.17) is 0 Å². The highest BCUT2D eigenvalue weighted by Gasteiger charge is 2.73. The predicted molar refractivity (Wildman–Crippen MR) is 237 cm³/mol. The Bertz CT molecular complexity index is 1620. The molecule has 336 valence electrons. The van der Waals surface area contributed by atoms with Crippen LogP contribution in [0.1, 0.15) is 192 Å². The molecule has 0 heterocycles. The lowest BCUT2D eigenvalue weighted by atomic mass is 9.30. The second kappa shape index (κ2) is 14.2. The molecular formula is C54H90O5. The third-order valence-corrected chi connectivity index (χ3v) is 25.2. The van der Waals surface area contributed by atoms with E-state index >= 15 is 0 Å². The summed E-state index contributed by atoms with van der Waals surface area (Å²) in [5, 5.41) is 46.1. The van der Waals surface area contributed by atoms with E-state index in [9.17, 15) is 25.2 Å². The topological polar surface area (TPSA) is 98.0 Å². The second-order valence-corrected chi connectivity index (χ2v) is 26.8. The molecule has 9 saturated carbocycles. The molecule has 0 aliphatic heterocycles. The van der Waals surface area contributed by atoms with Gasteiger partial charge in [0, 0.05) is 6.42 Å². The summed E-state index contributed by atoms with van der Waals surface area (Å²) in [4.78, 5) is 11.6. The van der Waals surface area contributed by atoms with Crippen LogP contribution in [-0.2, 0) is 4.79 Å². The van der Waals surface area contributed by atoms with Gasteiger partial charge in [-0.3, -0.25) is 4.79 Å². The number of hydrogen-bond donors (Lipinski definition) is 4. The van der Waals surface area contributed by atoms with Gasteiger partial charge in [-0.15, -0.1) is 0 Å². The van der Waals surface area contributed by atoms with Crippen molar-refractivity contribution < 1.29 is 25.2 Å². The molecule has 5 heteroatoms. The molecule has 59 heavy (non-hydrogen) atoms. The number of rotatable bonds is 5. The molecule has 23 atom stereocenters. The molecule has 9 aliphatic carbocycles. The van der Waals surface area contributed by atoms with Gasteiger partial charge in [0.1, 0.15) is 0 Å². The van der Waals surface area contributed by atoms with Gasteiger partial charge >= 0.3 is 5.97 Å². The van der Waals surface area contributed by atoms with Crippen LogP contribution in [0.5, 0.6) is 0 Å². The zero-order chi connectivity index (χ0) is 42.6. The van der Waals surface area contributed by atoms with Gasteiger partial charge in [-0.1, -0.05) is 76.2 Å². The zero-order valence-corrected chi connectivity index (χ0v) is 39.7. The van der Waals surface area contributed by atoms with Crippen molar-refractivity contribution in [1.82, 2.24) is 0 Å². The normalized spacial score (nSPS) is 59.4. The van der Waals surface area contributed by atoms with E-state index < -0.39 is 18.2 Å². The molecule has 9 aliphatic rings. The summed E-state index contributed by atoms with van der Waals surface area (Å²) in [6.07, 6.45) is 18.7. The van der Waals surface area contributed by atoms with Crippen LogP contribution in [0, 0.1) is 121 Å². The molecule has 0 spiro atoms. The van der Waals surface area contributed by atoms with E-state index in [1.807, 2.05) is 0 Å². The minimum Gasteiger partial charge on any atom is -0.481 e. The Labute approximate surface area is 360 Å². The molecule has 0 aromatic heterocycles. The van der Waals surface area contributed by atoms with Crippen LogP contribution in [0.25, 0.3) is 0 Å². The van der Waals surface area contributed by atoms with Crippen molar-refractivity contribution in [2.24, 2.45) is 121 Å². The lowest BCUT2D eigenvalue weighted by Gasteiger charge is -2.75. The average Bonchev–Trinajstić information content (AvgIpc) is 3.52. The van der Waals surface area contributed by atoms with Gasteiger partial charge in [-0.25, -0.2) is 0 Å². The quantitative estimate of drug-likeness (QED) is 0.221. The number of fused-ring (bicyclic) bond motifs is 12. The van der Waals surface area contributed by atoms with Crippen molar-refractivity contribution in [3.8, 4) is 0 Å². The predicted octanol–water partition coefficient (Wildman–Crippen LogP) is 12.0. The first-order valence-corrected chi connectivity index (χ1v) is 25.8. The molecule has 9 fully saturated rings. The lowest BCUT2D eigenvalue weighted by molar-refractivity contribution is -0.267. The molecule has 4 N–H and O–H groups in total. The maximum absolute atomic E-state index is 12.5. The Morgan fingerprint density at radius 1 is 0.644 bits per heavy atom. The fourth-order valence-electron chi connectivity index (χ4n) is 21.9. The third-order valence-electron chi connectivity index (χ3n) is 25.2. The van der Waals surface area contributed by atoms with E-state index in [1.54, 1.807) is 0 Å². The Hall–Kier alpha value is -0.650. The van der Waals surface area contributed by atoms with Crippen LogP contribution in [0.3, 0.4) is 0 Å². The highest BCUT2D eigenvalue weighted by atomic mass is 16.4. The Morgan fingerprint density at radius 3 is 2.07 bits per heavy atom. The Kier molecular flexibility index (Phi) is 10.5. The number of carboxylic acid groups (broad SMARTS) is 1. The first-order valence-electron chi connectivity index (χ1n) is 25.8. The Balaban J connectivity index is 1.01. The molecule has 5 nitrogen and oxygen atoms in total. The third kappa shape index (κ3) is 5.78. The van der Waals surface area contributed by atoms with Gasteiger partial charge in [-0.2, -0.15) is 0 Å². The van der Waals surface area contributed by atoms with E-state index in [1.165, 1.54) is 64.2 Å². The number of carboxylic acids is 1. The number of hydrogen-bond acceptors (Lipinski definition) is 4. The summed E-state index contributed by atoms with van der Waals surface area (Å²) in [5.41, 5.74) is 1.46. The van der Waals surface area contributed by atoms with E-state index in [0.717, 1.165) is 68.1 Å². The Morgan fingerprint density at radius 2 is 1.36 bits per heavy atom. The van der Waals surface area contributed by atoms with Gasteiger partial charge in [0.05, 0.1) is 18.3 Å². The zero-order valence-electron chi connectivity index (χ0n) is 39.7. The SMILES string of the molecule is C[C@@H]1[C@H]2[C@H]3CC[C@@H]4[C@@]5(C)CC[C@H]([C@@H]6C[C@@H](O)C[C@H]7C[C@@H](O)[C@@H]8[C@H](C[C@H](O)[C@]9(C)[C@@H]([C@H](C)CCC(=O)O)CC[C@@H]89)[C@]76C)C(C)(C)[C@@H]5CC[C@@]4(C)[C@]3(C)CC[C@@]2(C)CC[C@H]1C. The van der Waals surface area contributed by atoms with Crippen LogP contribution in [0.4, 0.5) is 0 Å². The van der Waals surface area contributed by atoms with Crippen molar-refractivity contribution in [2.45, 2.75) is 210 Å². The molecule has 0 radical (unpaired) electrons. The standard InChI is InChI=1S/C54H90O5/c1-30-18-21-49(6)24-25-51(8)38(47(49)32(30)3)15-16-43-50(7)22-19-36(48(4,5)42(50)20-23-52(43,51)9)39-28-34(55)26-33-27-41(56)46-37-14-13-35(31(2)12-17-45(58)59)54(37,11)44(57)29-40(46)53(33,39)10/h30-44,46-47,55-57H,12-29H2,1-11H3,(H,58,59)/t30-,31-,32+,33+,34+,35-,36-,37+,38-,39+,40+,41-,42+,43-,44+,46+,47+,49-,50+,51-,52-,53-,54-/m1/s1. The largest absolute Gasteiger partial charge is 0.481 e. The van der Waals surface area contributed by atoms with Crippen molar-refractivity contribution in [1.29, 1.82) is 0 Å². The van der Waals surface area contributed by atoms with Gasteiger partial charge in [0.25, 0.3) is 0 Å². The highest BCUT2D eigenvalue weighted by Crippen LogP contribution is 2.79. The minimum absolute atomic E-state index is 0.0363. The first-order chi connectivity index (χ1) is 27.5. The summed E-state index contributed by atoms with van der Waals surface area (Å²) in [6, 6.07) is 0. The molecule has 0 bridgehead atoms. The van der Waals surface area contributed by atoms with Crippen molar-refractivity contribution in [2.75, 3.05) is 0 Å². The minimum atomic E-state index is -0.733. The number of aliphatic hydroxyl groups excluding tert-OH is 3. The van der Waals surface area contributed by atoms with Crippen molar-refractivity contribution in [3.63, 3.8) is 0 Å². The van der Waals surface area contributed by atoms with E-state index in [0.29, 0.717) is 45.8 Å². The smallest absolute Gasteiger partial charge is 0.303 e. The first kappa shape index (κ1) is 43.6. The van der Waals surface area contributed by atoms with Crippen LogP contribution < -0.4 is 0 Å². The van der Waals surface area contributed by atoms with Gasteiger partial charge in [0.2, 0.25) is 0 Å². The van der Waals surface area contributed by atoms with Gasteiger partial charge in [0.15, 0.2) is 0 Å². The maximum Gasteiger partial charge on any atom is 0.303 e. The van der Waals surface area contributed by atoms with E-state index in [-0.39, 0.29) is 64.3 Å². The van der Waals surface area contributed by atoms with Crippen LogP contribution in [0.15, 0.2) is 0 Å². The van der Waals surface area contributed by atoms with Crippen molar-refractivity contribution >= 4 is 5.97 Å². The number of aliphatic carboxylic acids is 1. The number of carbonyl (C=O) groups is 1. The van der Waals surface area contributed by atoms with Crippen LogP contribution in [0.2, 0.25) is 0 Å². The van der Waals surface area contributed by atoms with Crippen LogP contribution >= 0.6 is 0 Å². The summed E-state index contributed by atoms with van der Waals surface area (Å²) >= 11 is 0. The molecular weight excluding hydrogens is 729 g/mol. The molecule has 0 amide bonds. The second-order valence-electron chi connectivity index (χ2n) is 26.8. The highest BCUT2D eigenvalue weighted by molar-refractivity contribution is 5.66. The molecule has 0 aromatic carbocycles. The lowest BCUT2D eigenvalue weighted by Crippen LogP contribution is -2.68. The van der Waals surface area contributed by atoms with E-state index in [2.05, 4.69) is 76.2 Å². The van der Waals surface area contributed by atoms with Crippen LogP contribution in [-0.4, -0.2) is 44.7 Å². The molecule has 0 unspecified atom stereocenters. The van der Waals surface area contributed by atoms with Gasteiger partial charge < -0.3 is 20.4 Å². The maximum atomic E-state index is 12.5. The molecule has 9 rings (SSSR count). The summed E-state index contributed by atoms with van der Waals surface area (Å²) in [7, 11) is 0. The summed E-state index contributed by atoms with van der Waals surface area (Å²) < 4.78 is 0. The monoisotopic (exact) mass is 819 g/mol. The molecule has 0 aromatic rings. The van der Waals surface area contributed by atoms with Gasteiger partial charge in [-0.05, 0) is 230 Å².